The van der Waals surface area contributed by atoms with Gasteiger partial charge in [0.15, 0.2) is 6.10 Å². The Labute approximate surface area is 160 Å². The number of ether oxygens (including phenoxy) is 4. The lowest BCUT2D eigenvalue weighted by Crippen LogP contribution is -2.52. The molecule has 3 atom stereocenters. The molecule has 0 aromatic carbocycles. The number of carbonyl (C=O) groups excluding carboxylic acids is 4. The van der Waals surface area contributed by atoms with Crippen molar-refractivity contribution in [1.29, 1.82) is 0 Å². The minimum absolute atomic E-state index is 0.244. The van der Waals surface area contributed by atoms with Crippen molar-refractivity contribution in [3.8, 4) is 0 Å². The highest BCUT2D eigenvalue weighted by Crippen LogP contribution is 2.40. The number of methoxy groups -OCH3 is 1. The molecule has 1 aromatic rings. The van der Waals surface area contributed by atoms with Crippen molar-refractivity contribution in [3.05, 3.63) is 28.5 Å². The van der Waals surface area contributed by atoms with Crippen LogP contribution in [0.5, 0.6) is 0 Å². The molecule has 1 aromatic heterocycles. The Kier molecular flexibility index (Phi) is 6.37. The Morgan fingerprint density at radius 3 is 2.22 bits per heavy atom. The second-order valence-electron chi connectivity index (χ2n) is 5.93. The average Bonchev–Trinajstić information content (AvgIpc) is 3.09. The summed E-state index contributed by atoms with van der Waals surface area (Å²) in [5, 5.41) is 1.79. The van der Waals surface area contributed by atoms with Crippen molar-refractivity contribution in [1.82, 2.24) is 0 Å². The fraction of sp³-hybridized carbons (Fsp3) is 0.444. The highest BCUT2D eigenvalue weighted by Gasteiger charge is 2.52. The third-order valence-corrected chi connectivity index (χ3v) is 4.73. The molecule has 0 spiro atoms. The van der Waals surface area contributed by atoms with Gasteiger partial charge in [0, 0.05) is 37.6 Å². The second-order valence-corrected chi connectivity index (χ2v) is 6.88. The fourth-order valence-electron chi connectivity index (χ4n) is 2.97. The smallest absolute Gasteiger partial charge is 0.354 e. The van der Waals surface area contributed by atoms with E-state index in [1.54, 1.807) is 17.5 Å². The predicted octanol–water partition coefficient (Wildman–Crippen LogP) is 1.87. The van der Waals surface area contributed by atoms with Gasteiger partial charge in [-0.25, -0.2) is 4.79 Å². The van der Waals surface area contributed by atoms with E-state index in [0.717, 1.165) is 14.0 Å². The predicted molar refractivity (Wildman–Crippen MR) is 94.5 cm³/mol. The molecule has 1 aliphatic rings. The van der Waals surface area contributed by atoms with Crippen LogP contribution in [0.2, 0.25) is 0 Å². The van der Waals surface area contributed by atoms with E-state index < -0.39 is 41.7 Å². The van der Waals surface area contributed by atoms with Crippen molar-refractivity contribution < 1.29 is 38.1 Å². The molecule has 0 N–H and O–H groups in total. The van der Waals surface area contributed by atoms with Gasteiger partial charge in [0.05, 0.1) is 7.11 Å². The Morgan fingerprint density at radius 2 is 1.74 bits per heavy atom. The van der Waals surface area contributed by atoms with E-state index in [2.05, 4.69) is 0 Å². The summed E-state index contributed by atoms with van der Waals surface area (Å²) in [6, 6.07) is 3.52. The lowest BCUT2D eigenvalue weighted by Gasteiger charge is -2.39. The number of carbonyl (C=O) groups is 4. The van der Waals surface area contributed by atoms with E-state index >= 15 is 0 Å². The lowest BCUT2D eigenvalue weighted by atomic mass is 9.81. The molecule has 2 rings (SSSR count). The first-order chi connectivity index (χ1) is 12.7. The lowest BCUT2D eigenvalue weighted by molar-refractivity contribution is -0.184. The van der Waals surface area contributed by atoms with Crippen molar-refractivity contribution in [2.45, 2.75) is 45.0 Å². The average molecular weight is 396 g/mol. The first-order valence-corrected chi connectivity index (χ1v) is 8.95. The molecule has 0 saturated carbocycles. The standard InChI is InChI=1S/C18H20O8S/c1-10(19)24-14-9-18(17(22)23-4,26-12(3)21)8-13(15-6-5-7-27-15)16(14)25-11(2)20/h5-8,14,16H,9H2,1-4H3/t14-,16-,18+/m1/s1. The monoisotopic (exact) mass is 396 g/mol. The molecule has 0 radical (unpaired) electrons. The molecule has 0 unspecified atom stereocenters. The molecule has 0 bridgehead atoms. The minimum atomic E-state index is -1.81. The minimum Gasteiger partial charge on any atom is -0.466 e. The van der Waals surface area contributed by atoms with Gasteiger partial charge in [-0.1, -0.05) is 6.07 Å². The van der Waals surface area contributed by atoms with Crippen LogP contribution in [0.25, 0.3) is 5.57 Å². The van der Waals surface area contributed by atoms with Crippen molar-refractivity contribution in [3.63, 3.8) is 0 Å². The van der Waals surface area contributed by atoms with Crippen molar-refractivity contribution >= 4 is 40.8 Å². The number of esters is 4. The van der Waals surface area contributed by atoms with Gasteiger partial charge in [-0.15, -0.1) is 11.3 Å². The van der Waals surface area contributed by atoms with E-state index in [1.807, 2.05) is 0 Å². The number of hydrogen-bond donors (Lipinski definition) is 0. The summed E-state index contributed by atoms with van der Waals surface area (Å²) in [4.78, 5) is 48.1. The molecule has 0 saturated heterocycles. The third kappa shape index (κ3) is 4.73. The van der Waals surface area contributed by atoms with Crippen LogP contribution in [0.3, 0.4) is 0 Å². The highest BCUT2D eigenvalue weighted by molar-refractivity contribution is 7.11. The van der Waals surface area contributed by atoms with Gasteiger partial charge in [0.2, 0.25) is 5.60 Å². The summed E-state index contributed by atoms with van der Waals surface area (Å²) in [5.41, 5.74) is -1.42. The summed E-state index contributed by atoms with van der Waals surface area (Å²) in [6.07, 6.45) is -0.851. The summed E-state index contributed by atoms with van der Waals surface area (Å²) >= 11 is 1.33. The van der Waals surface area contributed by atoms with Gasteiger partial charge in [-0.05, 0) is 17.5 Å². The van der Waals surface area contributed by atoms with Gasteiger partial charge in [-0.3, -0.25) is 14.4 Å². The fourth-order valence-corrected chi connectivity index (χ4v) is 3.74. The van der Waals surface area contributed by atoms with Gasteiger partial charge in [0.1, 0.15) is 6.10 Å². The van der Waals surface area contributed by atoms with Crippen LogP contribution in [-0.4, -0.2) is 48.8 Å². The zero-order chi connectivity index (χ0) is 20.2. The molecule has 1 heterocycles. The van der Waals surface area contributed by atoms with E-state index in [1.165, 1.54) is 31.3 Å². The van der Waals surface area contributed by atoms with Crippen LogP contribution in [0.15, 0.2) is 23.6 Å². The van der Waals surface area contributed by atoms with Crippen molar-refractivity contribution in [2.75, 3.05) is 7.11 Å². The highest BCUT2D eigenvalue weighted by atomic mass is 32.1. The van der Waals surface area contributed by atoms with Crippen LogP contribution in [-0.2, 0) is 38.1 Å². The van der Waals surface area contributed by atoms with Crippen LogP contribution < -0.4 is 0 Å². The maximum absolute atomic E-state index is 12.5. The molecule has 1 aliphatic carbocycles. The summed E-state index contributed by atoms with van der Waals surface area (Å²) in [7, 11) is 1.16. The number of thiophene rings is 1. The zero-order valence-electron chi connectivity index (χ0n) is 15.3. The third-order valence-electron chi connectivity index (χ3n) is 3.81. The van der Waals surface area contributed by atoms with E-state index in [-0.39, 0.29) is 6.42 Å². The summed E-state index contributed by atoms with van der Waals surface area (Å²) in [6.45, 7) is 3.58. The molecule has 0 aliphatic heterocycles. The molecule has 146 valence electrons. The van der Waals surface area contributed by atoms with Gasteiger partial charge < -0.3 is 18.9 Å². The quantitative estimate of drug-likeness (QED) is 0.549. The molecule has 9 heteroatoms. The topological polar surface area (TPSA) is 105 Å². The Bertz CT molecular complexity index is 766. The number of rotatable bonds is 5. The SMILES string of the molecule is COC(=O)[C@]1(OC(C)=O)C=C(c2cccs2)[C@@H](OC(C)=O)[C@H](OC(C)=O)C1. The maximum Gasteiger partial charge on any atom is 0.354 e. The molecule has 27 heavy (non-hydrogen) atoms. The first kappa shape index (κ1) is 20.6. The van der Waals surface area contributed by atoms with Crippen LogP contribution >= 0.6 is 11.3 Å². The molecular weight excluding hydrogens is 376 g/mol. The van der Waals surface area contributed by atoms with Gasteiger partial charge in [-0.2, -0.15) is 0 Å². The van der Waals surface area contributed by atoms with Gasteiger partial charge >= 0.3 is 23.9 Å². The van der Waals surface area contributed by atoms with Crippen LogP contribution in [0, 0.1) is 0 Å². The maximum atomic E-state index is 12.5. The van der Waals surface area contributed by atoms with Crippen molar-refractivity contribution in [2.24, 2.45) is 0 Å². The van der Waals surface area contributed by atoms with E-state index in [9.17, 15) is 19.2 Å². The van der Waals surface area contributed by atoms with E-state index in [4.69, 9.17) is 18.9 Å². The van der Waals surface area contributed by atoms with Crippen LogP contribution in [0.1, 0.15) is 32.1 Å². The second kappa shape index (κ2) is 8.34. The largest absolute Gasteiger partial charge is 0.466 e. The summed E-state index contributed by atoms with van der Waals surface area (Å²) in [5.74, 6) is -2.76. The van der Waals surface area contributed by atoms with E-state index in [0.29, 0.717) is 10.5 Å². The molecule has 0 fully saturated rings. The Balaban J connectivity index is 2.66. The molecule has 0 amide bonds. The zero-order valence-corrected chi connectivity index (χ0v) is 16.2. The Hall–Kier alpha value is -2.68. The van der Waals surface area contributed by atoms with Crippen LogP contribution in [0.4, 0.5) is 0 Å². The number of hydrogen-bond acceptors (Lipinski definition) is 9. The first-order valence-electron chi connectivity index (χ1n) is 8.07. The van der Waals surface area contributed by atoms with Gasteiger partial charge in [0.25, 0.3) is 0 Å². The molecule has 8 nitrogen and oxygen atoms in total. The Morgan fingerprint density at radius 1 is 1.07 bits per heavy atom. The normalized spacial score (nSPS) is 24.4. The summed E-state index contributed by atoms with van der Waals surface area (Å²) < 4.78 is 20.8. The molecular formula is C18H20O8S.